The van der Waals surface area contributed by atoms with E-state index < -0.39 is 42.2 Å². The number of nitrogens with one attached hydrogen (secondary N) is 1. The molecular formula is C39H39ClF2N8O4. The number of halogens is 3. The summed E-state index contributed by atoms with van der Waals surface area (Å²) in [4.78, 5) is 38.6. The Balaban J connectivity index is 1.31. The number of carbonyl (C=O) groups is 2. The van der Waals surface area contributed by atoms with Gasteiger partial charge in [0, 0.05) is 17.3 Å². The van der Waals surface area contributed by atoms with E-state index in [1.165, 1.54) is 23.6 Å². The van der Waals surface area contributed by atoms with Crippen molar-refractivity contribution in [2.24, 2.45) is 10.4 Å². The Bertz CT molecular complexity index is 2180. The van der Waals surface area contributed by atoms with Crippen LogP contribution in [0.3, 0.4) is 0 Å². The molecule has 5 aromatic rings. The summed E-state index contributed by atoms with van der Waals surface area (Å²) < 4.78 is 34.4. The molecule has 54 heavy (non-hydrogen) atoms. The number of amides is 2. The van der Waals surface area contributed by atoms with Crippen LogP contribution in [-0.2, 0) is 21.7 Å². The third-order valence-electron chi connectivity index (χ3n) is 9.41. The first-order chi connectivity index (χ1) is 25.9. The SMILES string of the molecule is CC(C)(C)C[C@]1(c2ccc(-c3cnn(C(F)F)c3)cc2)NC(=NC(=O)OCc2ccccc2)N([C@H](CO)c2ccc(Cl)c(-c3ncnn3C3CC3)c2)C1=O. The predicted molar refractivity (Wildman–Crippen MR) is 197 cm³/mol. The van der Waals surface area contributed by atoms with Gasteiger partial charge in [0.2, 0.25) is 5.96 Å². The molecule has 1 saturated heterocycles. The highest BCUT2D eigenvalue weighted by atomic mass is 35.5. The molecule has 2 atom stereocenters. The van der Waals surface area contributed by atoms with Crippen LogP contribution in [-0.4, -0.2) is 59.1 Å². The van der Waals surface area contributed by atoms with E-state index in [9.17, 15) is 18.7 Å². The molecule has 280 valence electrons. The number of rotatable bonds is 11. The van der Waals surface area contributed by atoms with Gasteiger partial charge in [0.15, 0.2) is 5.82 Å². The highest BCUT2D eigenvalue weighted by Gasteiger charge is 2.55. The van der Waals surface area contributed by atoms with E-state index in [1.54, 1.807) is 42.5 Å². The summed E-state index contributed by atoms with van der Waals surface area (Å²) in [7, 11) is 0. The van der Waals surface area contributed by atoms with E-state index in [-0.39, 0.29) is 25.0 Å². The molecule has 3 aromatic carbocycles. The topological polar surface area (TPSA) is 140 Å². The molecule has 2 N–H and O–H groups in total. The molecule has 0 bridgehead atoms. The molecule has 2 fully saturated rings. The maximum Gasteiger partial charge on any atom is 0.437 e. The number of benzene rings is 3. The van der Waals surface area contributed by atoms with Crippen LogP contribution in [0.15, 0.2) is 96.5 Å². The van der Waals surface area contributed by atoms with Crippen LogP contribution in [0.4, 0.5) is 13.6 Å². The second-order valence-electron chi connectivity index (χ2n) is 14.7. The zero-order chi connectivity index (χ0) is 38.2. The molecule has 12 nitrogen and oxygen atoms in total. The highest BCUT2D eigenvalue weighted by Crippen LogP contribution is 2.44. The summed E-state index contributed by atoms with van der Waals surface area (Å²) in [5.74, 6) is -0.0187. The Kier molecular flexibility index (Phi) is 10.1. The van der Waals surface area contributed by atoms with Gasteiger partial charge < -0.3 is 15.2 Å². The van der Waals surface area contributed by atoms with E-state index in [4.69, 9.17) is 16.3 Å². The monoisotopic (exact) mass is 756 g/mol. The lowest BCUT2D eigenvalue weighted by atomic mass is 9.75. The molecule has 0 unspecified atom stereocenters. The molecule has 3 heterocycles. The molecule has 2 aromatic heterocycles. The van der Waals surface area contributed by atoms with Crippen molar-refractivity contribution in [3.63, 3.8) is 0 Å². The molecule has 0 radical (unpaired) electrons. The molecular weight excluding hydrogens is 718 g/mol. The first-order valence-corrected chi connectivity index (χ1v) is 17.9. The van der Waals surface area contributed by atoms with Gasteiger partial charge in [-0.3, -0.25) is 9.69 Å². The maximum absolute atomic E-state index is 15.2. The minimum absolute atomic E-state index is 0.0488. The lowest BCUT2D eigenvalue weighted by Gasteiger charge is -2.35. The third kappa shape index (κ3) is 7.48. The maximum atomic E-state index is 15.2. The minimum atomic E-state index is -2.79. The van der Waals surface area contributed by atoms with Gasteiger partial charge in [0.25, 0.3) is 5.91 Å². The number of guanidine groups is 1. The standard InChI is InChI=1S/C39H39ClF2N8O4/c1-38(2,3)22-39(28-12-9-25(10-13-28)27-18-44-48(19-27)35(41)42)34(52)49(36(47-39)46-37(53)54-21-24-7-5-4-6-8-24)32(20-51)26-11-16-31(40)30(17-26)33-43-23-45-50(33)29-14-15-29/h4-13,16-19,23,29,32,35,51H,14-15,20-22H2,1-3H3,(H,46,47,53)/t32-,39-/m1/s1. The van der Waals surface area contributed by atoms with Crippen molar-refractivity contribution in [1.29, 1.82) is 0 Å². The van der Waals surface area contributed by atoms with E-state index in [1.807, 2.05) is 55.8 Å². The summed E-state index contributed by atoms with van der Waals surface area (Å²) in [6, 6.07) is 20.4. The van der Waals surface area contributed by atoms with Gasteiger partial charge in [-0.25, -0.2) is 19.1 Å². The Morgan fingerprint density at radius 2 is 1.81 bits per heavy atom. The van der Waals surface area contributed by atoms with Gasteiger partial charge in [-0.1, -0.05) is 93.0 Å². The zero-order valence-corrected chi connectivity index (χ0v) is 30.6. The minimum Gasteiger partial charge on any atom is -0.443 e. The highest BCUT2D eigenvalue weighted by molar-refractivity contribution is 6.33. The second-order valence-corrected chi connectivity index (χ2v) is 15.1. The lowest BCUT2D eigenvalue weighted by Crippen LogP contribution is -2.47. The van der Waals surface area contributed by atoms with Crippen molar-refractivity contribution < 1.29 is 28.2 Å². The van der Waals surface area contributed by atoms with E-state index in [2.05, 4.69) is 25.5 Å². The number of nitrogens with zero attached hydrogens (tertiary/aromatic N) is 7. The van der Waals surface area contributed by atoms with Crippen molar-refractivity contribution in [2.75, 3.05) is 6.61 Å². The Labute approximate surface area is 315 Å². The first-order valence-electron chi connectivity index (χ1n) is 17.5. The van der Waals surface area contributed by atoms with Crippen LogP contribution in [0.25, 0.3) is 22.5 Å². The number of carbonyl (C=O) groups excluding carboxylic acids is 2. The van der Waals surface area contributed by atoms with Crippen molar-refractivity contribution >= 4 is 29.6 Å². The normalized spacial score (nSPS) is 18.7. The molecule has 0 spiro atoms. The van der Waals surface area contributed by atoms with Crippen LogP contribution in [0.1, 0.15) is 75.4 Å². The Morgan fingerprint density at radius 3 is 2.46 bits per heavy atom. The average molecular weight is 757 g/mol. The molecule has 2 aliphatic rings. The number of alkyl halides is 2. The quantitative estimate of drug-likeness (QED) is 0.140. The van der Waals surface area contributed by atoms with Crippen molar-refractivity contribution in [3.05, 3.63) is 113 Å². The van der Waals surface area contributed by atoms with Crippen molar-refractivity contribution in [1.82, 2.24) is 34.8 Å². The molecule has 1 saturated carbocycles. The van der Waals surface area contributed by atoms with E-state index in [0.29, 0.717) is 43.3 Å². The van der Waals surface area contributed by atoms with Crippen LogP contribution in [0.2, 0.25) is 5.02 Å². The first kappa shape index (κ1) is 36.9. The van der Waals surface area contributed by atoms with E-state index in [0.717, 1.165) is 18.4 Å². The molecule has 1 aliphatic carbocycles. The van der Waals surface area contributed by atoms with Crippen LogP contribution >= 0.6 is 11.6 Å². The Hall–Kier alpha value is -5.47. The number of aliphatic hydroxyl groups is 1. The van der Waals surface area contributed by atoms with Gasteiger partial charge in [0.1, 0.15) is 18.5 Å². The van der Waals surface area contributed by atoms with Crippen LogP contribution < -0.4 is 5.32 Å². The average Bonchev–Trinajstić information content (AvgIpc) is 3.54. The molecule has 15 heteroatoms. The largest absolute Gasteiger partial charge is 0.443 e. The van der Waals surface area contributed by atoms with Gasteiger partial charge >= 0.3 is 12.6 Å². The predicted octanol–water partition coefficient (Wildman–Crippen LogP) is 7.68. The fourth-order valence-corrected chi connectivity index (χ4v) is 7.06. The molecule has 7 rings (SSSR count). The molecule has 1 aliphatic heterocycles. The van der Waals surface area contributed by atoms with Gasteiger partial charge in [-0.05, 0) is 59.1 Å². The van der Waals surface area contributed by atoms with Crippen LogP contribution in [0, 0.1) is 5.41 Å². The summed E-state index contributed by atoms with van der Waals surface area (Å²) in [5, 5.41) is 22.9. The summed E-state index contributed by atoms with van der Waals surface area (Å²) in [6.07, 6.45) is 5.30. The number of hydrogen-bond donors (Lipinski definition) is 2. The lowest BCUT2D eigenvalue weighted by molar-refractivity contribution is -0.134. The Morgan fingerprint density at radius 1 is 1.07 bits per heavy atom. The number of hydrogen-bond acceptors (Lipinski definition) is 7. The van der Waals surface area contributed by atoms with Crippen molar-refractivity contribution in [2.45, 2.75) is 70.8 Å². The fourth-order valence-electron chi connectivity index (χ4n) is 6.86. The third-order valence-corrected chi connectivity index (χ3v) is 9.74. The van der Waals surface area contributed by atoms with Gasteiger partial charge in [-0.15, -0.1) is 4.99 Å². The zero-order valence-electron chi connectivity index (χ0n) is 29.9. The second kappa shape index (κ2) is 14.7. The van der Waals surface area contributed by atoms with E-state index >= 15 is 4.79 Å². The van der Waals surface area contributed by atoms with Gasteiger partial charge in [-0.2, -0.15) is 19.0 Å². The fraction of sp³-hybridized carbons (Fsp3) is 0.333. The van der Waals surface area contributed by atoms with Gasteiger partial charge in [0.05, 0.1) is 29.9 Å². The summed E-state index contributed by atoms with van der Waals surface area (Å²) >= 11 is 6.71. The number of aromatic nitrogens is 5. The van der Waals surface area contributed by atoms with Crippen LogP contribution in [0.5, 0.6) is 0 Å². The summed E-state index contributed by atoms with van der Waals surface area (Å²) in [5.41, 5.74) is 1.52. The smallest absolute Gasteiger partial charge is 0.437 e. The number of aliphatic imine (C=N–C) groups is 1. The summed E-state index contributed by atoms with van der Waals surface area (Å²) in [6.45, 7) is 2.57. The molecule has 2 amide bonds. The number of aliphatic hydroxyl groups excluding tert-OH is 1. The number of ether oxygens (including phenoxy) is 1. The van der Waals surface area contributed by atoms with Crippen molar-refractivity contribution in [3.8, 4) is 22.5 Å².